The summed E-state index contributed by atoms with van der Waals surface area (Å²) in [6.45, 7) is 2.92. The molecule has 3 aromatic heterocycles. The number of pyridine rings is 1. The normalized spacial score (nSPS) is 13.9. The van der Waals surface area contributed by atoms with Gasteiger partial charge in [-0.1, -0.05) is 5.16 Å². The molecule has 4 aromatic rings. The maximum Gasteiger partial charge on any atom is 0.297 e. The maximum absolute atomic E-state index is 12.3. The van der Waals surface area contributed by atoms with E-state index in [1.807, 2.05) is 19.3 Å². The van der Waals surface area contributed by atoms with E-state index in [0.29, 0.717) is 29.4 Å². The monoisotopic (exact) mass is 450 g/mol. The number of rotatable bonds is 7. The number of halogens is 1. The van der Waals surface area contributed by atoms with Crippen LogP contribution in [0.3, 0.4) is 0 Å². The molecule has 0 unspecified atom stereocenters. The van der Waals surface area contributed by atoms with Gasteiger partial charge in [0.2, 0.25) is 18.5 Å². The summed E-state index contributed by atoms with van der Waals surface area (Å²) in [6, 6.07) is 10.8. The van der Waals surface area contributed by atoms with Crippen LogP contribution in [0.2, 0.25) is 0 Å². The topological polar surface area (TPSA) is 107 Å². The minimum Gasteiger partial charge on any atom is -0.463 e. The lowest BCUT2D eigenvalue weighted by atomic mass is 10.2. The van der Waals surface area contributed by atoms with Crippen LogP contribution in [0.25, 0.3) is 23.1 Å². The number of nitrogens with zero attached hydrogens (tertiary/aromatic N) is 7. The second-order valence-corrected chi connectivity index (χ2v) is 7.61. The van der Waals surface area contributed by atoms with E-state index in [4.69, 9.17) is 9.26 Å². The third kappa shape index (κ3) is 4.67. The van der Waals surface area contributed by atoms with Crippen molar-refractivity contribution in [2.75, 3.05) is 37.9 Å². The number of anilines is 1. The van der Waals surface area contributed by atoms with Crippen LogP contribution < -0.4 is 15.0 Å². The Morgan fingerprint density at radius 1 is 1.09 bits per heavy atom. The van der Waals surface area contributed by atoms with E-state index >= 15 is 0 Å². The van der Waals surface area contributed by atoms with Crippen molar-refractivity contribution in [2.45, 2.75) is 6.42 Å². The maximum atomic E-state index is 12.3. The molecule has 4 heterocycles. The Kier molecular flexibility index (Phi) is 5.94. The number of hydrogen-bond acceptors (Lipinski definition) is 9. The van der Waals surface area contributed by atoms with E-state index in [1.165, 1.54) is 0 Å². The van der Waals surface area contributed by atoms with Gasteiger partial charge in [-0.2, -0.15) is 4.98 Å². The first-order valence-corrected chi connectivity index (χ1v) is 10.6. The van der Waals surface area contributed by atoms with Gasteiger partial charge in [-0.05, 0) is 42.0 Å². The Balaban J connectivity index is 1.32. The van der Waals surface area contributed by atoms with Gasteiger partial charge in [-0.25, -0.2) is 14.4 Å². The second kappa shape index (κ2) is 9.33. The Hall–Kier alpha value is -3.86. The zero-order chi connectivity index (χ0) is 22.6. The van der Waals surface area contributed by atoms with Gasteiger partial charge in [0.1, 0.15) is 17.4 Å². The second-order valence-electron chi connectivity index (χ2n) is 7.61. The number of nitrogens with one attached hydrogen (secondary N) is 1. The molecule has 10 nitrogen and oxygen atoms in total. The average Bonchev–Trinajstić information content (AvgIpc) is 3.48. The fourth-order valence-electron chi connectivity index (χ4n) is 3.68. The van der Waals surface area contributed by atoms with E-state index in [0.717, 1.165) is 43.4 Å². The minimum atomic E-state index is -0.879. The van der Waals surface area contributed by atoms with Crippen molar-refractivity contribution in [3.05, 3.63) is 54.0 Å². The predicted molar refractivity (Wildman–Crippen MR) is 118 cm³/mol. The van der Waals surface area contributed by atoms with Crippen molar-refractivity contribution < 1.29 is 13.7 Å². The zero-order valence-corrected chi connectivity index (χ0v) is 18.1. The first kappa shape index (κ1) is 21.0. The molecular formula is C22H23FN8O2. The van der Waals surface area contributed by atoms with Crippen LogP contribution in [0, 0.1) is 0 Å². The number of benzene rings is 1. The highest BCUT2D eigenvalue weighted by Crippen LogP contribution is 2.23. The van der Waals surface area contributed by atoms with Crippen molar-refractivity contribution >= 4 is 5.82 Å². The zero-order valence-electron chi connectivity index (χ0n) is 18.1. The lowest BCUT2D eigenvalue weighted by Crippen LogP contribution is -2.43. The van der Waals surface area contributed by atoms with Gasteiger partial charge in [-0.3, -0.25) is 4.68 Å². The van der Waals surface area contributed by atoms with Crippen molar-refractivity contribution in [3.63, 3.8) is 0 Å². The Labute approximate surface area is 189 Å². The first-order chi connectivity index (χ1) is 16.2. The lowest BCUT2D eigenvalue weighted by Gasteiger charge is -2.28. The highest BCUT2D eigenvalue weighted by atomic mass is 19.1. The van der Waals surface area contributed by atoms with E-state index in [9.17, 15) is 4.39 Å². The third-order valence-corrected chi connectivity index (χ3v) is 5.42. The molecule has 0 aliphatic carbocycles. The van der Waals surface area contributed by atoms with Gasteiger partial charge in [0.15, 0.2) is 0 Å². The van der Waals surface area contributed by atoms with Crippen LogP contribution in [0.4, 0.5) is 10.2 Å². The molecule has 1 aliphatic heterocycles. The fraction of sp³-hybridized carbons (Fsp3) is 0.318. The molecule has 11 heteroatoms. The smallest absolute Gasteiger partial charge is 0.297 e. The highest BCUT2D eigenvalue weighted by molar-refractivity contribution is 5.57. The summed E-state index contributed by atoms with van der Waals surface area (Å²) >= 11 is 0. The Morgan fingerprint density at radius 2 is 1.91 bits per heavy atom. The minimum absolute atomic E-state index is 0.229. The number of ether oxygens (including phenoxy) is 1. The van der Waals surface area contributed by atoms with E-state index in [-0.39, 0.29) is 5.89 Å². The summed E-state index contributed by atoms with van der Waals surface area (Å²) in [6.07, 6.45) is 2.43. The van der Waals surface area contributed by atoms with E-state index in [2.05, 4.69) is 41.5 Å². The third-order valence-electron chi connectivity index (χ3n) is 5.42. The number of aryl methyl sites for hydroxylation is 1. The number of piperazine rings is 1. The number of aromatic nitrogens is 6. The summed E-state index contributed by atoms with van der Waals surface area (Å²) < 4.78 is 24.2. The summed E-state index contributed by atoms with van der Waals surface area (Å²) in [5, 5.41) is 11.8. The fourth-order valence-corrected chi connectivity index (χ4v) is 3.68. The molecular weight excluding hydrogens is 427 g/mol. The summed E-state index contributed by atoms with van der Waals surface area (Å²) in [4.78, 5) is 15.8. The molecule has 170 valence electrons. The van der Waals surface area contributed by atoms with Crippen molar-refractivity contribution in [2.24, 2.45) is 7.05 Å². The summed E-state index contributed by atoms with van der Waals surface area (Å²) in [5.41, 5.74) is 1.81. The van der Waals surface area contributed by atoms with E-state index in [1.54, 1.807) is 28.9 Å². The number of alkyl halides is 1. The van der Waals surface area contributed by atoms with Crippen LogP contribution in [-0.4, -0.2) is 62.9 Å². The van der Waals surface area contributed by atoms with E-state index < -0.39 is 6.86 Å². The molecule has 33 heavy (non-hydrogen) atoms. The molecule has 0 spiro atoms. The molecule has 1 aliphatic rings. The molecule has 1 N–H and O–H groups in total. The number of hydrogen-bond donors (Lipinski definition) is 1. The van der Waals surface area contributed by atoms with Gasteiger partial charge in [0, 0.05) is 51.4 Å². The van der Waals surface area contributed by atoms with Crippen LogP contribution >= 0.6 is 0 Å². The predicted octanol–water partition coefficient (Wildman–Crippen LogP) is 2.23. The van der Waals surface area contributed by atoms with Crippen molar-refractivity contribution in [1.29, 1.82) is 0 Å². The Bertz CT molecular complexity index is 1220. The first-order valence-electron chi connectivity index (χ1n) is 10.6. The quantitative estimate of drug-likeness (QED) is 0.453. The standard InChI is InChI=1S/C22H23FN8O2/c1-30-19(13-15-6-7-25-18(12-15)31-10-8-24-9-11-31)26-21(28-30)22-27-20(29-33-22)16-2-4-17(5-3-16)32-14-23/h2-7,12,24H,8-11,13-14H2,1H3. The summed E-state index contributed by atoms with van der Waals surface area (Å²) in [5.74, 6) is 3.15. The highest BCUT2D eigenvalue weighted by Gasteiger charge is 2.18. The largest absolute Gasteiger partial charge is 0.463 e. The van der Waals surface area contributed by atoms with Crippen molar-refractivity contribution in [3.8, 4) is 28.9 Å². The molecule has 0 radical (unpaired) electrons. The average molecular weight is 450 g/mol. The molecule has 1 aromatic carbocycles. The van der Waals surface area contributed by atoms with Gasteiger partial charge in [0.05, 0.1) is 0 Å². The van der Waals surface area contributed by atoms with Gasteiger partial charge >= 0.3 is 0 Å². The van der Waals surface area contributed by atoms with Gasteiger partial charge in [-0.15, -0.1) is 5.10 Å². The molecule has 1 saturated heterocycles. The van der Waals surface area contributed by atoms with Crippen LogP contribution in [-0.2, 0) is 13.5 Å². The summed E-state index contributed by atoms with van der Waals surface area (Å²) in [7, 11) is 1.84. The molecule has 5 rings (SSSR count). The SMILES string of the molecule is Cn1nc(-c2nc(-c3ccc(OCF)cc3)no2)nc1Cc1ccnc(N2CCNCC2)c1. The molecule has 0 amide bonds. The Morgan fingerprint density at radius 3 is 2.70 bits per heavy atom. The molecule has 0 saturated carbocycles. The van der Waals surface area contributed by atoms with Crippen LogP contribution in [0.1, 0.15) is 11.4 Å². The molecule has 1 fully saturated rings. The lowest BCUT2D eigenvalue weighted by molar-refractivity contribution is 0.192. The van der Waals surface area contributed by atoms with Crippen molar-refractivity contribution in [1.82, 2.24) is 35.2 Å². The molecule has 0 atom stereocenters. The van der Waals surface area contributed by atoms with Gasteiger partial charge in [0.25, 0.3) is 5.89 Å². The van der Waals surface area contributed by atoms with Gasteiger partial charge < -0.3 is 19.5 Å². The van der Waals surface area contributed by atoms with Crippen LogP contribution in [0.15, 0.2) is 47.1 Å². The van der Waals surface area contributed by atoms with Crippen LogP contribution in [0.5, 0.6) is 5.75 Å². The molecule has 0 bridgehead atoms.